The standard InChI is InChI=1S/C9H15NO5/c11-8(12)5-15-4-3-6-1-2-7(10-6)9(13)14/h6-7,10H,1-5H2,(H,11,12)(H,13,14)/t6-,7-/m0/s1. The Morgan fingerprint density at radius 3 is 2.60 bits per heavy atom. The van der Waals surface area contributed by atoms with Gasteiger partial charge in [0.15, 0.2) is 0 Å². The Morgan fingerprint density at radius 2 is 2.07 bits per heavy atom. The van der Waals surface area contributed by atoms with Gasteiger partial charge in [-0.15, -0.1) is 0 Å². The fraction of sp³-hybridized carbons (Fsp3) is 0.778. The molecule has 3 N–H and O–H groups in total. The normalized spacial score (nSPS) is 25.3. The van der Waals surface area contributed by atoms with Crippen LogP contribution < -0.4 is 5.32 Å². The largest absolute Gasteiger partial charge is 0.480 e. The molecule has 1 aliphatic rings. The number of aliphatic carboxylic acids is 2. The van der Waals surface area contributed by atoms with Crippen LogP contribution in [0.2, 0.25) is 0 Å². The second kappa shape index (κ2) is 5.67. The van der Waals surface area contributed by atoms with Crippen LogP contribution in [0.3, 0.4) is 0 Å². The Kier molecular flexibility index (Phi) is 4.51. The van der Waals surface area contributed by atoms with E-state index in [0.717, 1.165) is 6.42 Å². The number of nitrogens with one attached hydrogen (secondary N) is 1. The van der Waals surface area contributed by atoms with E-state index in [4.69, 9.17) is 14.9 Å². The van der Waals surface area contributed by atoms with Crippen LogP contribution >= 0.6 is 0 Å². The minimum Gasteiger partial charge on any atom is -0.480 e. The molecular formula is C9H15NO5. The summed E-state index contributed by atoms with van der Waals surface area (Å²) in [5, 5.41) is 20.0. The Labute approximate surface area is 87.2 Å². The van der Waals surface area contributed by atoms with Gasteiger partial charge in [-0.3, -0.25) is 4.79 Å². The number of carbonyl (C=O) groups is 2. The molecule has 0 aromatic heterocycles. The first-order valence-corrected chi connectivity index (χ1v) is 4.88. The zero-order chi connectivity index (χ0) is 11.3. The van der Waals surface area contributed by atoms with Gasteiger partial charge in [0.05, 0.1) is 0 Å². The van der Waals surface area contributed by atoms with Crippen molar-refractivity contribution in [2.45, 2.75) is 31.3 Å². The van der Waals surface area contributed by atoms with Gasteiger partial charge in [0, 0.05) is 12.6 Å². The highest BCUT2D eigenvalue weighted by Gasteiger charge is 2.28. The van der Waals surface area contributed by atoms with Gasteiger partial charge in [-0.05, 0) is 19.3 Å². The number of carboxylic acid groups (broad SMARTS) is 2. The monoisotopic (exact) mass is 217 g/mol. The quantitative estimate of drug-likeness (QED) is 0.528. The van der Waals surface area contributed by atoms with E-state index < -0.39 is 18.0 Å². The predicted molar refractivity (Wildman–Crippen MR) is 50.7 cm³/mol. The van der Waals surface area contributed by atoms with Crippen LogP contribution in [0.15, 0.2) is 0 Å². The summed E-state index contributed by atoms with van der Waals surface area (Å²) < 4.78 is 4.87. The molecule has 0 saturated carbocycles. The molecule has 86 valence electrons. The summed E-state index contributed by atoms with van der Waals surface area (Å²) in [6.07, 6.45) is 2.07. The van der Waals surface area contributed by atoms with Crippen molar-refractivity contribution < 1.29 is 24.5 Å². The van der Waals surface area contributed by atoms with Gasteiger partial charge in [-0.25, -0.2) is 4.79 Å². The smallest absolute Gasteiger partial charge is 0.329 e. The van der Waals surface area contributed by atoms with Gasteiger partial charge in [-0.2, -0.15) is 0 Å². The van der Waals surface area contributed by atoms with E-state index in [-0.39, 0.29) is 12.6 Å². The first-order valence-electron chi connectivity index (χ1n) is 4.88. The highest BCUT2D eigenvalue weighted by atomic mass is 16.5. The molecule has 0 unspecified atom stereocenters. The van der Waals surface area contributed by atoms with Gasteiger partial charge in [-0.1, -0.05) is 0 Å². The highest BCUT2D eigenvalue weighted by molar-refractivity contribution is 5.73. The minimum absolute atomic E-state index is 0.125. The molecular weight excluding hydrogens is 202 g/mol. The summed E-state index contributed by atoms with van der Waals surface area (Å²) in [6.45, 7) is 0.0470. The van der Waals surface area contributed by atoms with E-state index in [9.17, 15) is 9.59 Å². The maximum absolute atomic E-state index is 10.6. The summed E-state index contributed by atoms with van der Waals surface area (Å²) >= 11 is 0. The molecule has 1 rings (SSSR count). The van der Waals surface area contributed by atoms with Crippen LogP contribution in [0.25, 0.3) is 0 Å². The van der Waals surface area contributed by atoms with E-state index in [1.54, 1.807) is 0 Å². The third-order valence-corrected chi connectivity index (χ3v) is 2.37. The molecule has 1 fully saturated rings. The van der Waals surface area contributed by atoms with Crippen LogP contribution in [0, 0.1) is 0 Å². The number of hydrogen-bond acceptors (Lipinski definition) is 4. The lowest BCUT2D eigenvalue weighted by atomic mass is 10.1. The van der Waals surface area contributed by atoms with Gasteiger partial charge in [0.2, 0.25) is 0 Å². The third-order valence-electron chi connectivity index (χ3n) is 2.37. The Bertz CT molecular complexity index is 243. The van der Waals surface area contributed by atoms with Crippen LogP contribution in [0.1, 0.15) is 19.3 Å². The summed E-state index contributed by atoms with van der Waals surface area (Å²) in [7, 11) is 0. The first kappa shape index (κ1) is 11.9. The van der Waals surface area contributed by atoms with Crippen molar-refractivity contribution in [1.82, 2.24) is 5.32 Å². The van der Waals surface area contributed by atoms with Crippen LogP contribution in [0.5, 0.6) is 0 Å². The Hall–Kier alpha value is -1.14. The molecule has 1 heterocycles. The van der Waals surface area contributed by atoms with Crippen LogP contribution in [-0.2, 0) is 14.3 Å². The van der Waals surface area contributed by atoms with E-state index in [1.807, 2.05) is 0 Å². The zero-order valence-electron chi connectivity index (χ0n) is 8.31. The minimum atomic E-state index is -0.988. The number of carboxylic acids is 2. The van der Waals surface area contributed by atoms with Crippen molar-refractivity contribution in [3.05, 3.63) is 0 Å². The summed E-state index contributed by atoms with van der Waals surface area (Å²) in [4.78, 5) is 20.7. The van der Waals surface area contributed by atoms with Gasteiger partial charge in [0.1, 0.15) is 12.6 Å². The molecule has 15 heavy (non-hydrogen) atoms. The number of hydrogen-bond donors (Lipinski definition) is 3. The fourth-order valence-electron chi connectivity index (χ4n) is 1.63. The van der Waals surface area contributed by atoms with Crippen molar-refractivity contribution in [2.75, 3.05) is 13.2 Å². The van der Waals surface area contributed by atoms with E-state index in [2.05, 4.69) is 5.32 Å². The molecule has 6 nitrogen and oxygen atoms in total. The van der Waals surface area contributed by atoms with Gasteiger partial charge in [0.25, 0.3) is 0 Å². The zero-order valence-corrected chi connectivity index (χ0v) is 8.31. The molecule has 0 radical (unpaired) electrons. The molecule has 0 aromatic carbocycles. The Balaban J connectivity index is 2.09. The predicted octanol–water partition coefficient (Wildman–Crippen LogP) is -0.317. The number of ether oxygens (including phenoxy) is 1. The molecule has 1 saturated heterocycles. The van der Waals surface area contributed by atoms with Crippen molar-refractivity contribution in [1.29, 1.82) is 0 Å². The lowest BCUT2D eigenvalue weighted by molar-refractivity contribution is -0.142. The lowest BCUT2D eigenvalue weighted by Crippen LogP contribution is -2.35. The fourth-order valence-corrected chi connectivity index (χ4v) is 1.63. The average Bonchev–Trinajstić information content (AvgIpc) is 2.60. The van der Waals surface area contributed by atoms with Crippen LogP contribution in [-0.4, -0.2) is 47.4 Å². The van der Waals surface area contributed by atoms with E-state index in [0.29, 0.717) is 19.4 Å². The molecule has 0 amide bonds. The third kappa shape index (κ3) is 4.26. The van der Waals surface area contributed by atoms with Crippen molar-refractivity contribution in [2.24, 2.45) is 0 Å². The molecule has 0 aromatic rings. The van der Waals surface area contributed by atoms with Gasteiger partial charge < -0.3 is 20.3 Å². The summed E-state index contributed by atoms with van der Waals surface area (Å²) in [5.41, 5.74) is 0. The van der Waals surface area contributed by atoms with Gasteiger partial charge >= 0.3 is 11.9 Å². The molecule has 0 bridgehead atoms. The van der Waals surface area contributed by atoms with Crippen molar-refractivity contribution in [3.63, 3.8) is 0 Å². The molecule has 0 spiro atoms. The van der Waals surface area contributed by atoms with E-state index >= 15 is 0 Å². The number of rotatable bonds is 6. The maximum Gasteiger partial charge on any atom is 0.329 e. The second-order valence-corrected chi connectivity index (χ2v) is 3.57. The van der Waals surface area contributed by atoms with Crippen molar-refractivity contribution >= 4 is 11.9 Å². The van der Waals surface area contributed by atoms with E-state index in [1.165, 1.54) is 0 Å². The average molecular weight is 217 g/mol. The molecule has 6 heteroatoms. The maximum atomic E-state index is 10.6. The molecule has 1 aliphatic heterocycles. The Morgan fingerprint density at radius 1 is 1.33 bits per heavy atom. The summed E-state index contributed by atoms with van der Waals surface area (Å²) in [6, 6.07) is -0.339. The molecule has 0 aliphatic carbocycles. The van der Waals surface area contributed by atoms with Crippen LogP contribution in [0.4, 0.5) is 0 Å². The lowest BCUT2D eigenvalue weighted by Gasteiger charge is -2.11. The first-order chi connectivity index (χ1) is 7.09. The summed E-state index contributed by atoms with van der Waals surface area (Å²) in [5.74, 6) is -1.82. The van der Waals surface area contributed by atoms with Crippen molar-refractivity contribution in [3.8, 4) is 0 Å². The highest BCUT2D eigenvalue weighted by Crippen LogP contribution is 2.14. The molecule has 2 atom stereocenters. The topological polar surface area (TPSA) is 95.9 Å². The second-order valence-electron chi connectivity index (χ2n) is 3.57. The SMILES string of the molecule is O=C(O)COCC[C@@H]1CC[C@@H](C(=O)O)N1.